The third-order valence-corrected chi connectivity index (χ3v) is 6.22. The van der Waals surface area contributed by atoms with Crippen molar-refractivity contribution in [1.29, 1.82) is 0 Å². The first-order chi connectivity index (χ1) is 14.9. The predicted octanol–water partition coefficient (Wildman–Crippen LogP) is 5.17. The summed E-state index contributed by atoms with van der Waals surface area (Å²) in [6.07, 6.45) is 5.28. The molecule has 1 saturated carbocycles. The van der Waals surface area contributed by atoms with Crippen molar-refractivity contribution in [3.05, 3.63) is 59.1 Å². The van der Waals surface area contributed by atoms with E-state index < -0.39 is 17.7 Å². The molecule has 6 heteroatoms. The fraction of sp³-hybridized carbons (Fsp3) is 0.440. The van der Waals surface area contributed by atoms with Gasteiger partial charge >= 0.3 is 0 Å². The van der Waals surface area contributed by atoms with E-state index in [1.807, 2.05) is 32.9 Å². The minimum atomic E-state index is -0.716. The second-order valence-corrected chi connectivity index (χ2v) is 8.50. The van der Waals surface area contributed by atoms with E-state index in [9.17, 15) is 14.7 Å². The molecular weight excluding hydrogens is 394 g/mol. The van der Waals surface area contributed by atoms with Crippen LogP contribution in [-0.2, 0) is 9.59 Å². The van der Waals surface area contributed by atoms with Crippen LogP contribution in [0.1, 0.15) is 75.3 Å². The number of ketones is 1. The Morgan fingerprint density at radius 3 is 2.58 bits per heavy atom. The summed E-state index contributed by atoms with van der Waals surface area (Å²) in [6, 6.07) is 8.13. The molecule has 0 radical (unpaired) electrons. The number of benzene rings is 1. The Balaban J connectivity index is 1.84. The standard InChI is InChI=1S/C25H29NO5/c1-4-30-19-12-11-16(14-18(19)15(2)3)23(27)21-22(20-10-7-13-31-20)26(25(29)24(21)28)17-8-5-6-9-17/h7,10-15,17,22,27H,4-6,8-9H2,1-3H3/b23-21-. The Labute approximate surface area is 182 Å². The second-order valence-electron chi connectivity index (χ2n) is 8.50. The number of carbonyl (C=O) groups excluding carboxylic acids is 2. The molecule has 2 fully saturated rings. The van der Waals surface area contributed by atoms with Crippen LogP contribution >= 0.6 is 0 Å². The van der Waals surface area contributed by atoms with Crippen LogP contribution in [0.5, 0.6) is 5.75 Å². The highest BCUT2D eigenvalue weighted by atomic mass is 16.5. The van der Waals surface area contributed by atoms with Crippen molar-refractivity contribution in [3.8, 4) is 5.75 Å². The molecule has 1 atom stereocenters. The fourth-order valence-corrected chi connectivity index (χ4v) is 4.72. The van der Waals surface area contributed by atoms with E-state index in [2.05, 4.69) is 0 Å². The van der Waals surface area contributed by atoms with E-state index in [0.29, 0.717) is 17.9 Å². The highest BCUT2D eigenvalue weighted by molar-refractivity contribution is 6.46. The zero-order valence-electron chi connectivity index (χ0n) is 18.3. The normalized spacial score (nSPS) is 21.4. The minimum absolute atomic E-state index is 0.0246. The molecule has 0 bridgehead atoms. The molecule has 4 rings (SSSR count). The van der Waals surface area contributed by atoms with E-state index in [-0.39, 0.29) is 23.3 Å². The van der Waals surface area contributed by atoms with Gasteiger partial charge in [0.1, 0.15) is 23.3 Å². The van der Waals surface area contributed by atoms with Crippen LogP contribution in [0, 0.1) is 0 Å². The van der Waals surface area contributed by atoms with Gasteiger partial charge in [0.2, 0.25) is 0 Å². The molecule has 31 heavy (non-hydrogen) atoms. The van der Waals surface area contributed by atoms with Gasteiger partial charge in [-0.05, 0) is 61.6 Å². The number of aliphatic hydroxyl groups excluding tert-OH is 1. The van der Waals surface area contributed by atoms with E-state index in [0.717, 1.165) is 37.0 Å². The first-order valence-corrected chi connectivity index (χ1v) is 11.0. The van der Waals surface area contributed by atoms with Crippen LogP contribution in [0.3, 0.4) is 0 Å². The Morgan fingerprint density at radius 2 is 1.97 bits per heavy atom. The largest absolute Gasteiger partial charge is 0.507 e. The second kappa shape index (κ2) is 8.61. The molecule has 2 heterocycles. The van der Waals surface area contributed by atoms with Gasteiger partial charge in [-0.25, -0.2) is 0 Å². The molecule has 164 valence electrons. The lowest BCUT2D eigenvalue weighted by Crippen LogP contribution is -2.37. The molecule has 1 saturated heterocycles. The van der Waals surface area contributed by atoms with Gasteiger partial charge in [-0.1, -0.05) is 26.7 Å². The number of likely N-dealkylation sites (tertiary alicyclic amines) is 1. The van der Waals surface area contributed by atoms with Crippen molar-refractivity contribution in [2.24, 2.45) is 0 Å². The van der Waals surface area contributed by atoms with Crippen LogP contribution in [-0.4, -0.2) is 34.3 Å². The quantitative estimate of drug-likeness (QED) is 0.394. The smallest absolute Gasteiger partial charge is 0.296 e. The lowest BCUT2D eigenvalue weighted by atomic mass is 9.95. The number of furan rings is 1. The highest BCUT2D eigenvalue weighted by Gasteiger charge is 2.50. The number of hydrogen-bond donors (Lipinski definition) is 1. The first kappa shape index (κ1) is 21.2. The van der Waals surface area contributed by atoms with E-state index in [1.165, 1.54) is 6.26 Å². The van der Waals surface area contributed by atoms with E-state index in [4.69, 9.17) is 9.15 Å². The number of rotatable bonds is 6. The summed E-state index contributed by atoms with van der Waals surface area (Å²) in [5.41, 5.74) is 1.52. The van der Waals surface area contributed by atoms with Crippen molar-refractivity contribution < 1.29 is 23.8 Å². The SMILES string of the molecule is CCOc1ccc(/C(O)=C2/C(=O)C(=O)N(C3CCCC3)C2c2ccco2)cc1C(C)C. The molecule has 1 aliphatic heterocycles. The van der Waals surface area contributed by atoms with Crippen molar-refractivity contribution in [3.63, 3.8) is 0 Å². The predicted molar refractivity (Wildman–Crippen MR) is 117 cm³/mol. The van der Waals surface area contributed by atoms with Gasteiger partial charge in [0, 0.05) is 11.6 Å². The van der Waals surface area contributed by atoms with Gasteiger partial charge in [-0.2, -0.15) is 0 Å². The number of nitrogens with zero attached hydrogens (tertiary/aromatic N) is 1. The van der Waals surface area contributed by atoms with Crippen molar-refractivity contribution in [2.75, 3.05) is 6.61 Å². The van der Waals surface area contributed by atoms with Gasteiger partial charge in [-0.15, -0.1) is 0 Å². The monoisotopic (exact) mass is 423 g/mol. The molecule has 0 spiro atoms. The Bertz CT molecular complexity index is 999. The zero-order valence-corrected chi connectivity index (χ0v) is 18.3. The molecule has 2 aliphatic rings. The van der Waals surface area contributed by atoms with Crippen LogP contribution in [0.15, 0.2) is 46.6 Å². The molecule has 1 aromatic heterocycles. The maximum Gasteiger partial charge on any atom is 0.296 e. The molecule has 1 N–H and O–H groups in total. The summed E-state index contributed by atoms with van der Waals surface area (Å²) in [7, 11) is 0. The summed E-state index contributed by atoms with van der Waals surface area (Å²) >= 11 is 0. The minimum Gasteiger partial charge on any atom is -0.507 e. The van der Waals surface area contributed by atoms with Gasteiger partial charge in [0.25, 0.3) is 11.7 Å². The summed E-state index contributed by atoms with van der Waals surface area (Å²) in [4.78, 5) is 27.8. The topological polar surface area (TPSA) is 80.0 Å². The van der Waals surface area contributed by atoms with Crippen LogP contribution in [0.4, 0.5) is 0 Å². The zero-order chi connectivity index (χ0) is 22.1. The van der Waals surface area contributed by atoms with Gasteiger partial charge in [0.05, 0.1) is 18.4 Å². The van der Waals surface area contributed by atoms with E-state index >= 15 is 0 Å². The third kappa shape index (κ3) is 3.75. The number of ether oxygens (including phenoxy) is 1. The number of Topliss-reactive ketones (excluding diaryl/α,β-unsaturated/α-hetero) is 1. The molecule has 2 aromatic rings. The molecule has 6 nitrogen and oxygen atoms in total. The Morgan fingerprint density at radius 1 is 1.23 bits per heavy atom. The summed E-state index contributed by atoms with van der Waals surface area (Å²) in [6.45, 7) is 6.55. The van der Waals surface area contributed by atoms with Gasteiger partial charge < -0.3 is 19.2 Å². The molecule has 1 amide bonds. The fourth-order valence-electron chi connectivity index (χ4n) is 4.72. The average Bonchev–Trinajstić information content (AvgIpc) is 3.50. The number of hydrogen-bond acceptors (Lipinski definition) is 5. The highest BCUT2D eigenvalue weighted by Crippen LogP contribution is 2.44. The average molecular weight is 424 g/mol. The van der Waals surface area contributed by atoms with Crippen molar-refractivity contribution in [1.82, 2.24) is 4.90 Å². The van der Waals surface area contributed by atoms with Crippen LogP contribution in [0.25, 0.3) is 5.76 Å². The maximum atomic E-state index is 13.1. The van der Waals surface area contributed by atoms with Crippen molar-refractivity contribution in [2.45, 2.75) is 64.5 Å². The van der Waals surface area contributed by atoms with Crippen LogP contribution < -0.4 is 4.74 Å². The summed E-state index contributed by atoms with van der Waals surface area (Å²) < 4.78 is 11.3. The van der Waals surface area contributed by atoms with Crippen molar-refractivity contribution >= 4 is 17.4 Å². The molecular formula is C25H29NO5. The lowest BCUT2D eigenvalue weighted by Gasteiger charge is -2.29. The van der Waals surface area contributed by atoms with E-state index in [1.54, 1.807) is 23.1 Å². The molecule has 1 aromatic carbocycles. The maximum absolute atomic E-state index is 13.1. The lowest BCUT2D eigenvalue weighted by molar-refractivity contribution is -0.141. The number of amides is 1. The Hall–Kier alpha value is -3.02. The molecule has 1 aliphatic carbocycles. The summed E-state index contributed by atoms with van der Waals surface area (Å²) in [5, 5.41) is 11.3. The number of aliphatic hydroxyl groups is 1. The number of carbonyl (C=O) groups is 2. The Kier molecular flexibility index (Phi) is 5.90. The van der Waals surface area contributed by atoms with Gasteiger partial charge in [0.15, 0.2) is 0 Å². The van der Waals surface area contributed by atoms with Crippen LogP contribution in [0.2, 0.25) is 0 Å². The third-order valence-electron chi connectivity index (χ3n) is 6.22. The first-order valence-electron chi connectivity index (χ1n) is 11.0. The van der Waals surface area contributed by atoms with Gasteiger partial charge in [-0.3, -0.25) is 9.59 Å². The summed E-state index contributed by atoms with van der Waals surface area (Å²) in [5.74, 6) is 0.00243. The molecule has 1 unspecified atom stereocenters.